The summed E-state index contributed by atoms with van der Waals surface area (Å²) in [6.07, 6.45) is -4.91. The second-order valence-electron chi connectivity index (χ2n) is 6.81. The normalized spacial score (nSPS) is 11.7. The first-order valence-electron chi connectivity index (χ1n) is 9.11. The average molecular weight is 467 g/mol. The summed E-state index contributed by atoms with van der Waals surface area (Å²) in [7, 11) is 0. The maximum Gasteiger partial charge on any atom is 0.573 e. The molecule has 10 heteroatoms. The van der Waals surface area contributed by atoms with Crippen LogP contribution in [0, 0.1) is 11.6 Å². The predicted molar refractivity (Wildman–Crippen MR) is 109 cm³/mol. The van der Waals surface area contributed by atoms with Crippen LogP contribution in [0.4, 0.5) is 22.0 Å². The second kappa shape index (κ2) is 8.23. The Hall–Kier alpha value is -3.46. The molecule has 0 saturated carbocycles. The van der Waals surface area contributed by atoms with Crippen LogP contribution in [0.3, 0.4) is 0 Å². The molecular weight excluding hydrogens is 455 g/mol. The number of ether oxygens (including phenoxy) is 1. The van der Waals surface area contributed by atoms with Crippen LogP contribution in [-0.2, 0) is 6.54 Å². The van der Waals surface area contributed by atoms with E-state index in [4.69, 9.17) is 11.6 Å². The first-order chi connectivity index (χ1) is 15.1. The van der Waals surface area contributed by atoms with Crippen molar-refractivity contribution in [2.75, 3.05) is 0 Å². The van der Waals surface area contributed by atoms with Gasteiger partial charge in [0.05, 0.1) is 12.1 Å². The van der Waals surface area contributed by atoms with Crippen molar-refractivity contribution in [1.29, 1.82) is 0 Å². The largest absolute Gasteiger partial charge is 0.573 e. The van der Waals surface area contributed by atoms with Crippen molar-refractivity contribution >= 4 is 22.5 Å². The van der Waals surface area contributed by atoms with Crippen molar-refractivity contribution in [3.8, 4) is 17.0 Å². The molecule has 0 saturated heterocycles. The van der Waals surface area contributed by atoms with Gasteiger partial charge >= 0.3 is 6.36 Å². The van der Waals surface area contributed by atoms with Crippen molar-refractivity contribution in [3.63, 3.8) is 0 Å². The molecule has 0 fully saturated rings. The summed E-state index contributed by atoms with van der Waals surface area (Å²) in [5.74, 6) is -2.10. The lowest BCUT2D eigenvalue weighted by molar-refractivity contribution is -0.274. The van der Waals surface area contributed by atoms with E-state index in [-0.39, 0.29) is 34.3 Å². The first kappa shape index (κ1) is 21.8. The summed E-state index contributed by atoms with van der Waals surface area (Å²) < 4.78 is 70.5. The van der Waals surface area contributed by atoms with E-state index in [2.05, 4.69) is 9.84 Å². The van der Waals surface area contributed by atoms with Crippen molar-refractivity contribution in [1.82, 2.24) is 9.78 Å². The number of aromatic nitrogens is 2. The van der Waals surface area contributed by atoms with Crippen LogP contribution in [0.25, 0.3) is 22.2 Å². The molecule has 0 aliphatic heterocycles. The lowest BCUT2D eigenvalue weighted by atomic mass is 10.1. The molecule has 0 amide bonds. The first-order valence-corrected chi connectivity index (χ1v) is 9.49. The highest BCUT2D eigenvalue weighted by atomic mass is 35.5. The summed E-state index contributed by atoms with van der Waals surface area (Å²) in [6, 6.07) is 12.2. The number of nitrogens with zero attached hydrogens (tertiary/aromatic N) is 2. The van der Waals surface area contributed by atoms with E-state index in [9.17, 15) is 26.7 Å². The van der Waals surface area contributed by atoms with Gasteiger partial charge in [-0.15, -0.1) is 13.2 Å². The summed E-state index contributed by atoms with van der Waals surface area (Å²) in [5.41, 5.74) is -0.296. The zero-order valence-electron chi connectivity index (χ0n) is 16.0. The molecule has 4 nitrogen and oxygen atoms in total. The molecule has 1 heterocycles. The van der Waals surface area contributed by atoms with Gasteiger partial charge in [-0.25, -0.2) is 8.78 Å². The van der Waals surface area contributed by atoms with Crippen LogP contribution in [0.15, 0.2) is 65.5 Å². The fraction of sp³-hybridized carbons (Fsp3) is 0.0909. The fourth-order valence-electron chi connectivity index (χ4n) is 3.22. The van der Waals surface area contributed by atoms with Gasteiger partial charge in [-0.2, -0.15) is 5.10 Å². The van der Waals surface area contributed by atoms with Gasteiger partial charge in [0.1, 0.15) is 23.1 Å². The summed E-state index contributed by atoms with van der Waals surface area (Å²) in [4.78, 5) is 13.0. The Bertz CT molecular complexity index is 1390. The minimum Gasteiger partial charge on any atom is -0.406 e. The molecule has 0 radical (unpaired) electrons. The number of rotatable bonds is 4. The number of halogens is 6. The van der Waals surface area contributed by atoms with E-state index in [0.29, 0.717) is 11.1 Å². The minimum atomic E-state index is -4.91. The average Bonchev–Trinajstić information content (AvgIpc) is 2.70. The SMILES string of the molecule is O=c1c(-c2cccc(OC(F)(F)F)c2)nn(Cc2ccc(F)cc2F)c2cc(Cl)ccc12. The van der Waals surface area contributed by atoms with Crippen LogP contribution in [-0.4, -0.2) is 16.1 Å². The third-order valence-corrected chi connectivity index (χ3v) is 4.83. The van der Waals surface area contributed by atoms with Gasteiger partial charge in [-0.1, -0.05) is 29.8 Å². The number of alkyl halides is 3. The van der Waals surface area contributed by atoms with Crippen LogP contribution < -0.4 is 10.2 Å². The summed E-state index contributed by atoms with van der Waals surface area (Å²) >= 11 is 6.05. The van der Waals surface area contributed by atoms with Crippen molar-refractivity contribution in [3.05, 3.63) is 93.1 Å². The van der Waals surface area contributed by atoms with Crippen LogP contribution in [0.2, 0.25) is 5.02 Å². The Labute approximate surface area is 182 Å². The van der Waals surface area contributed by atoms with Crippen LogP contribution in [0.5, 0.6) is 5.75 Å². The van der Waals surface area contributed by atoms with E-state index in [1.807, 2.05) is 0 Å². The molecule has 0 spiro atoms. The Morgan fingerprint density at radius 3 is 2.50 bits per heavy atom. The predicted octanol–water partition coefficient (Wildman–Crippen LogP) is 5.94. The number of fused-ring (bicyclic) bond motifs is 1. The molecule has 0 bridgehead atoms. The molecule has 0 aliphatic rings. The zero-order chi connectivity index (χ0) is 23.0. The standard InChI is InChI=1S/C22H12ClF5N2O2/c23-14-5-7-17-19(9-14)30(11-13-4-6-15(24)10-18(13)25)29-20(21(17)31)12-2-1-3-16(8-12)32-22(26,27)28/h1-10H,11H2. The molecule has 0 unspecified atom stereocenters. The third-order valence-electron chi connectivity index (χ3n) is 4.59. The van der Waals surface area contributed by atoms with Crippen LogP contribution >= 0.6 is 11.6 Å². The molecule has 4 aromatic rings. The monoisotopic (exact) mass is 466 g/mol. The Morgan fingerprint density at radius 1 is 1.00 bits per heavy atom. The van der Waals surface area contributed by atoms with E-state index in [1.54, 1.807) is 0 Å². The van der Waals surface area contributed by atoms with E-state index < -0.39 is 29.2 Å². The topological polar surface area (TPSA) is 44.1 Å². The Kier molecular flexibility index (Phi) is 5.60. The minimum absolute atomic E-state index is 0.0712. The summed E-state index contributed by atoms with van der Waals surface area (Å²) in [5, 5.41) is 4.72. The quantitative estimate of drug-likeness (QED) is 0.349. The lowest BCUT2D eigenvalue weighted by Gasteiger charge is -2.14. The van der Waals surface area contributed by atoms with Crippen molar-refractivity contribution in [2.45, 2.75) is 12.9 Å². The highest BCUT2D eigenvalue weighted by molar-refractivity contribution is 6.31. The maximum absolute atomic E-state index is 14.2. The van der Waals surface area contributed by atoms with E-state index in [0.717, 1.165) is 18.2 Å². The highest BCUT2D eigenvalue weighted by Gasteiger charge is 2.31. The second-order valence-corrected chi connectivity index (χ2v) is 7.24. The molecule has 1 aromatic heterocycles. The number of benzene rings is 3. The van der Waals surface area contributed by atoms with Gasteiger partial charge < -0.3 is 4.74 Å². The van der Waals surface area contributed by atoms with E-state index >= 15 is 0 Å². The van der Waals surface area contributed by atoms with Gasteiger partial charge in [-0.05, 0) is 36.4 Å². The number of hydrogen-bond donors (Lipinski definition) is 0. The fourth-order valence-corrected chi connectivity index (χ4v) is 3.39. The van der Waals surface area contributed by atoms with Gasteiger partial charge in [0.15, 0.2) is 0 Å². The highest BCUT2D eigenvalue weighted by Crippen LogP contribution is 2.27. The Balaban J connectivity index is 1.90. The molecule has 164 valence electrons. The van der Waals surface area contributed by atoms with Gasteiger partial charge in [-0.3, -0.25) is 9.48 Å². The summed E-state index contributed by atoms with van der Waals surface area (Å²) in [6.45, 7) is -0.186. The molecule has 0 atom stereocenters. The molecule has 3 aromatic carbocycles. The van der Waals surface area contributed by atoms with E-state index in [1.165, 1.54) is 41.1 Å². The lowest BCUT2D eigenvalue weighted by Crippen LogP contribution is -2.18. The number of hydrogen-bond acceptors (Lipinski definition) is 3. The molecule has 0 N–H and O–H groups in total. The van der Waals surface area contributed by atoms with Crippen molar-refractivity contribution in [2.24, 2.45) is 0 Å². The van der Waals surface area contributed by atoms with Gasteiger partial charge in [0.2, 0.25) is 5.43 Å². The maximum atomic E-state index is 14.2. The zero-order valence-corrected chi connectivity index (χ0v) is 16.7. The van der Waals surface area contributed by atoms with Crippen molar-refractivity contribution < 1.29 is 26.7 Å². The molecule has 32 heavy (non-hydrogen) atoms. The van der Waals surface area contributed by atoms with Crippen LogP contribution in [0.1, 0.15) is 5.56 Å². The smallest absolute Gasteiger partial charge is 0.406 e. The molecule has 4 rings (SSSR count). The Morgan fingerprint density at radius 2 is 1.78 bits per heavy atom. The molecule has 0 aliphatic carbocycles. The molecular formula is C22H12ClF5N2O2. The van der Waals surface area contributed by atoms with Gasteiger partial charge in [0.25, 0.3) is 0 Å². The third kappa shape index (κ3) is 4.57. The van der Waals surface area contributed by atoms with Gasteiger partial charge in [0, 0.05) is 27.6 Å².